The minimum absolute atomic E-state index is 0.0409. The molecule has 3 aliphatic carbocycles. The number of ether oxygens (including phenoxy) is 1. The predicted molar refractivity (Wildman–Crippen MR) is 124 cm³/mol. The van der Waals surface area contributed by atoms with Gasteiger partial charge in [-0.25, -0.2) is 0 Å². The first-order valence-electron chi connectivity index (χ1n) is 11.7. The number of aryl methyl sites for hydroxylation is 1. The van der Waals surface area contributed by atoms with E-state index in [2.05, 4.69) is 69.3 Å². The van der Waals surface area contributed by atoms with Gasteiger partial charge in [0, 0.05) is 29.1 Å². The second-order valence-corrected chi connectivity index (χ2v) is 10.5. The maximum atomic E-state index is 9.52. The summed E-state index contributed by atoms with van der Waals surface area (Å²) in [7, 11) is 0. The average molecular weight is 424 g/mol. The van der Waals surface area contributed by atoms with Gasteiger partial charge in [-0.15, -0.1) is 0 Å². The molecule has 32 heavy (non-hydrogen) atoms. The lowest BCUT2D eigenvalue weighted by molar-refractivity contribution is 0.0428. The SMILES string of the molecule is Cc1cnc2c(c1)O[C@@]1(C3=CC=C(C#N)CC3C)[C@H](c3ccccc3)CC3(CC3N)[C@@]21C. The van der Waals surface area contributed by atoms with E-state index in [0.717, 1.165) is 41.8 Å². The number of pyridine rings is 1. The van der Waals surface area contributed by atoms with Crippen LogP contribution in [-0.4, -0.2) is 16.6 Å². The lowest BCUT2D eigenvalue weighted by Crippen LogP contribution is -2.55. The zero-order valence-electron chi connectivity index (χ0n) is 18.9. The van der Waals surface area contributed by atoms with Gasteiger partial charge in [-0.3, -0.25) is 4.98 Å². The van der Waals surface area contributed by atoms with Gasteiger partial charge in [0.1, 0.15) is 11.4 Å². The zero-order valence-corrected chi connectivity index (χ0v) is 18.9. The smallest absolute Gasteiger partial charge is 0.149 e. The molecule has 1 aromatic carbocycles. The predicted octanol–water partition coefficient (Wildman–Crippen LogP) is 5.10. The van der Waals surface area contributed by atoms with Gasteiger partial charge in [-0.05, 0) is 67.9 Å². The lowest BCUT2D eigenvalue weighted by Gasteiger charge is -2.46. The summed E-state index contributed by atoms with van der Waals surface area (Å²) < 4.78 is 7.17. The summed E-state index contributed by atoms with van der Waals surface area (Å²) in [5.41, 5.74) is 11.4. The van der Waals surface area contributed by atoms with Crippen LogP contribution in [0.4, 0.5) is 0 Å². The molecule has 0 radical (unpaired) electrons. The molecule has 1 aromatic heterocycles. The van der Waals surface area contributed by atoms with Crippen molar-refractivity contribution in [2.75, 3.05) is 0 Å². The summed E-state index contributed by atoms with van der Waals surface area (Å²) in [6.07, 6.45) is 8.86. The molecule has 4 heteroatoms. The van der Waals surface area contributed by atoms with Crippen LogP contribution in [0.15, 0.2) is 65.9 Å². The van der Waals surface area contributed by atoms with Crippen LogP contribution in [0.5, 0.6) is 5.75 Å². The zero-order chi connectivity index (χ0) is 22.3. The fraction of sp³-hybridized carbons (Fsp3) is 0.429. The molecule has 6 rings (SSSR count). The van der Waals surface area contributed by atoms with Crippen molar-refractivity contribution in [3.05, 3.63) is 82.7 Å². The van der Waals surface area contributed by atoms with Crippen molar-refractivity contribution in [3.63, 3.8) is 0 Å². The first-order chi connectivity index (χ1) is 15.4. The van der Waals surface area contributed by atoms with Crippen molar-refractivity contribution in [2.24, 2.45) is 17.1 Å². The Hall–Kier alpha value is -2.90. The molecule has 2 N–H and O–H groups in total. The number of benzene rings is 1. The summed E-state index contributed by atoms with van der Waals surface area (Å²) in [6.45, 7) is 6.65. The first kappa shape index (κ1) is 19.8. The van der Waals surface area contributed by atoms with Gasteiger partial charge in [0.2, 0.25) is 0 Å². The highest BCUT2D eigenvalue weighted by molar-refractivity contribution is 5.60. The molecule has 1 aliphatic heterocycles. The van der Waals surface area contributed by atoms with Crippen LogP contribution in [0.25, 0.3) is 0 Å². The molecule has 2 aromatic rings. The Bertz CT molecular complexity index is 1220. The van der Waals surface area contributed by atoms with Crippen LogP contribution in [0.3, 0.4) is 0 Å². The van der Waals surface area contributed by atoms with E-state index in [0.29, 0.717) is 0 Å². The first-order valence-corrected chi connectivity index (χ1v) is 11.7. The number of hydrogen-bond acceptors (Lipinski definition) is 4. The lowest BCUT2D eigenvalue weighted by atomic mass is 9.60. The number of nitrogens with two attached hydrogens (primary N) is 1. The van der Waals surface area contributed by atoms with Crippen LogP contribution in [0, 0.1) is 29.6 Å². The van der Waals surface area contributed by atoms with E-state index in [-0.39, 0.29) is 28.7 Å². The Labute approximate surface area is 189 Å². The number of aromatic nitrogens is 1. The van der Waals surface area contributed by atoms with Gasteiger partial charge in [-0.2, -0.15) is 5.26 Å². The molecule has 4 nitrogen and oxygen atoms in total. The van der Waals surface area contributed by atoms with Crippen molar-refractivity contribution in [2.45, 2.75) is 63.0 Å². The Morgan fingerprint density at radius 3 is 2.59 bits per heavy atom. The van der Waals surface area contributed by atoms with Crippen molar-refractivity contribution in [3.8, 4) is 11.8 Å². The highest BCUT2D eigenvalue weighted by Crippen LogP contribution is 2.79. The van der Waals surface area contributed by atoms with E-state index < -0.39 is 5.60 Å². The Morgan fingerprint density at radius 1 is 1.19 bits per heavy atom. The Morgan fingerprint density at radius 2 is 1.94 bits per heavy atom. The topological polar surface area (TPSA) is 71.9 Å². The summed E-state index contributed by atoms with van der Waals surface area (Å²) in [4.78, 5) is 4.99. The summed E-state index contributed by atoms with van der Waals surface area (Å²) in [5.74, 6) is 1.28. The molecule has 6 atom stereocenters. The third-order valence-electron chi connectivity index (χ3n) is 8.96. The highest BCUT2D eigenvalue weighted by atomic mass is 16.5. The summed E-state index contributed by atoms with van der Waals surface area (Å²) in [6, 6.07) is 15.4. The minimum Gasteiger partial charge on any atom is -0.479 e. The largest absolute Gasteiger partial charge is 0.479 e. The minimum atomic E-state index is -0.567. The molecule has 1 spiro atoms. The van der Waals surface area contributed by atoms with Crippen LogP contribution in [-0.2, 0) is 5.41 Å². The summed E-state index contributed by atoms with van der Waals surface area (Å²) >= 11 is 0. The van der Waals surface area contributed by atoms with E-state index in [4.69, 9.17) is 15.5 Å². The van der Waals surface area contributed by atoms with Gasteiger partial charge in [-0.1, -0.05) is 43.3 Å². The number of rotatable bonds is 2. The van der Waals surface area contributed by atoms with E-state index >= 15 is 0 Å². The monoisotopic (exact) mass is 423 g/mol. The molecule has 0 bridgehead atoms. The maximum Gasteiger partial charge on any atom is 0.149 e. The van der Waals surface area contributed by atoms with Crippen molar-refractivity contribution in [1.82, 2.24) is 4.98 Å². The number of nitriles is 1. The maximum absolute atomic E-state index is 9.52. The fourth-order valence-electron chi connectivity index (χ4n) is 7.35. The van der Waals surface area contributed by atoms with Gasteiger partial charge >= 0.3 is 0 Å². The molecule has 162 valence electrons. The van der Waals surface area contributed by atoms with Crippen LogP contribution in [0.1, 0.15) is 55.8 Å². The molecule has 2 saturated carbocycles. The van der Waals surface area contributed by atoms with Gasteiger partial charge < -0.3 is 10.5 Å². The van der Waals surface area contributed by atoms with Gasteiger partial charge in [0.05, 0.1) is 17.2 Å². The second-order valence-electron chi connectivity index (χ2n) is 10.5. The highest BCUT2D eigenvalue weighted by Gasteiger charge is 2.83. The Balaban J connectivity index is 1.66. The Kier molecular flexibility index (Phi) is 3.91. The number of nitrogens with zero attached hydrogens (tertiary/aromatic N) is 2. The van der Waals surface area contributed by atoms with Crippen LogP contribution < -0.4 is 10.5 Å². The normalized spacial score (nSPS) is 38.9. The molecule has 0 saturated heterocycles. The van der Waals surface area contributed by atoms with Crippen molar-refractivity contribution in [1.29, 1.82) is 5.26 Å². The quantitative estimate of drug-likeness (QED) is 0.729. The van der Waals surface area contributed by atoms with Crippen molar-refractivity contribution < 1.29 is 4.74 Å². The van der Waals surface area contributed by atoms with Crippen LogP contribution in [0.2, 0.25) is 0 Å². The standard InChI is InChI=1S/C28H29N3O/c1-17-11-23-25(31-16-17)26(3)27(14-24(27)30)13-22(20-7-5-4-6-8-20)28(26,32-23)21-10-9-19(15-29)12-18(21)2/h4-11,16,18,22,24H,12-14,30H2,1-3H3/t18?,22-,24?,26+,27?,28-/m0/s1. The van der Waals surface area contributed by atoms with E-state index in [1.54, 1.807) is 0 Å². The number of hydrogen-bond donors (Lipinski definition) is 1. The van der Waals surface area contributed by atoms with Gasteiger partial charge in [0.15, 0.2) is 0 Å². The van der Waals surface area contributed by atoms with E-state index in [9.17, 15) is 5.26 Å². The number of fused-ring (bicyclic) bond motifs is 4. The molecule has 4 aliphatic rings. The average Bonchev–Trinajstić information content (AvgIpc) is 3.31. The van der Waals surface area contributed by atoms with Crippen molar-refractivity contribution >= 4 is 0 Å². The van der Waals surface area contributed by atoms with E-state index in [1.165, 1.54) is 11.1 Å². The van der Waals surface area contributed by atoms with E-state index in [1.807, 2.05) is 12.3 Å². The van der Waals surface area contributed by atoms with Gasteiger partial charge in [0.25, 0.3) is 0 Å². The second kappa shape index (κ2) is 6.33. The van der Waals surface area contributed by atoms with Crippen LogP contribution >= 0.6 is 0 Å². The summed E-state index contributed by atoms with van der Waals surface area (Å²) in [5, 5.41) is 9.52. The number of allylic oxidation sites excluding steroid dienone is 3. The third kappa shape index (κ3) is 2.18. The molecule has 0 amide bonds. The third-order valence-corrected chi connectivity index (χ3v) is 8.96. The molecule has 2 fully saturated rings. The molecular formula is C28H29N3O. The molecular weight excluding hydrogens is 394 g/mol. The molecule has 3 unspecified atom stereocenters. The fourth-order valence-corrected chi connectivity index (χ4v) is 7.35. The molecule has 2 heterocycles.